The molecule has 1 fully saturated rings. The molecule has 1 aliphatic heterocycles. The first kappa shape index (κ1) is 17.5. The van der Waals surface area contributed by atoms with Gasteiger partial charge in [-0.1, -0.05) is 36.4 Å². The number of benzene rings is 2. The SMILES string of the molecule is OCCN1CCN(C[C@@H](O)Cn2c3ccccc3c3ccccc32)CC1. The van der Waals surface area contributed by atoms with E-state index in [2.05, 4.69) is 62.9 Å². The molecule has 5 nitrogen and oxygen atoms in total. The minimum Gasteiger partial charge on any atom is -0.395 e. The number of β-amino-alcohol motifs (C(OH)–C–C–N with tert-alkyl or cyclic N) is 2. The fourth-order valence-corrected chi connectivity index (χ4v) is 4.10. The molecule has 1 saturated heterocycles. The minimum atomic E-state index is -0.404. The van der Waals surface area contributed by atoms with Gasteiger partial charge in [-0.3, -0.25) is 9.80 Å². The largest absolute Gasteiger partial charge is 0.395 e. The zero-order chi connectivity index (χ0) is 17.9. The van der Waals surface area contributed by atoms with E-state index >= 15 is 0 Å². The third-order valence-electron chi connectivity index (χ3n) is 5.42. The van der Waals surface area contributed by atoms with Gasteiger partial charge >= 0.3 is 0 Å². The summed E-state index contributed by atoms with van der Waals surface area (Å²) in [4.78, 5) is 4.60. The molecule has 1 aliphatic rings. The lowest BCUT2D eigenvalue weighted by Gasteiger charge is -2.35. The van der Waals surface area contributed by atoms with Crippen molar-refractivity contribution in [3.05, 3.63) is 48.5 Å². The van der Waals surface area contributed by atoms with Gasteiger partial charge in [-0.05, 0) is 12.1 Å². The van der Waals surface area contributed by atoms with Crippen molar-refractivity contribution in [2.75, 3.05) is 45.9 Å². The number of piperazine rings is 1. The van der Waals surface area contributed by atoms with Crippen LogP contribution in [0.25, 0.3) is 21.8 Å². The minimum absolute atomic E-state index is 0.219. The summed E-state index contributed by atoms with van der Waals surface area (Å²) < 4.78 is 2.25. The number of fused-ring (bicyclic) bond motifs is 3. The van der Waals surface area contributed by atoms with Crippen LogP contribution in [0.5, 0.6) is 0 Å². The van der Waals surface area contributed by atoms with Crippen molar-refractivity contribution in [2.24, 2.45) is 0 Å². The molecule has 0 saturated carbocycles. The second-order valence-electron chi connectivity index (χ2n) is 7.16. The fraction of sp³-hybridized carbons (Fsp3) is 0.429. The first-order valence-corrected chi connectivity index (χ1v) is 9.46. The van der Waals surface area contributed by atoms with Crippen molar-refractivity contribution in [3.8, 4) is 0 Å². The number of para-hydroxylation sites is 2. The summed E-state index contributed by atoms with van der Waals surface area (Å²) in [5.41, 5.74) is 2.36. The molecular weight excluding hydrogens is 326 g/mol. The van der Waals surface area contributed by atoms with Gasteiger partial charge < -0.3 is 14.8 Å². The van der Waals surface area contributed by atoms with Gasteiger partial charge in [0.05, 0.1) is 19.3 Å². The summed E-state index contributed by atoms with van der Waals surface area (Å²) >= 11 is 0. The average molecular weight is 353 g/mol. The van der Waals surface area contributed by atoms with Crippen LogP contribution in [0.3, 0.4) is 0 Å². The molecule has 4 rings (SSSR count). The van der Waals surface area contributed by atoms with E-state index in [4.69, 9.17) is 5.11 Å². The molecule has 2 heterocycles. The highest BCUT2D eigenvalue weighted by Gasteiger charge is 2.20. The number of aromatic nitrogens is 1. The Bertz CT molecular complexity index is 815. The first-order chi connectivity index (χ1) is 12.8. The third-order valence-corrected chi connectivity index (χ3v) is 5.42. The van der Waals surface area contributed by atoms with Crippen molar-refractivity contribution < 1.29 is 10.2 Å². The van der Waals surface area contributed by atoms with E-state index < -0.39 is 6.10 Å². The van der Waals surface area contributed by atoms with E-state index in [0.29, 0.717) is 13.1 Å². The molecule has 26 heavy (non-hydrogen) atoms. The zero-order valence-corrected chi connectivity index (χ0v) is 15.1. The van der Waals surface area contributed by atoms with Crippen LogP contribution in [-0.2, 0) is 6.54 Å². The van der Waals surface area contributed by atoms with Crippen LogP contribution >= 0.6 is 0 Å². The maximum atomic E-state index is 10.7. The van der Waals surface area contributed by atoms with Crippen LogP contribution in [0.15, 0.2) is 48.5 Å². The Morgan fingerprint density at radius 3 is 1.88 bits per heavy atom. The number of hydrogen-bond acceptors (Lipinski definition) is 4. The number of aliphatic hydroxyl groups excluding tert-OH is 2. The quantitative estimate of drug-likeness (QED) is 0.709. The Balaban J connectivity index is 1.48. The van der Waals surface area contributed by atoms with E-state index in [-0.39, 0.29) is 6.61 Å². The highest BCUT2D eigenvalue weighted by molar-refractivity contribution is 6.07. The summed E-state index contributed by atoms with van der Waals surface area (Å²) in [7, 11) is 0. The van der Waals surface area contributed by atoms with Gasteiger partial charge in [0.1, 0.15) is 0 Å². The standard InChI is InChI=1S/C21H27N3O2/c25-14-13-22-9-11-23(12-10-22)15-17(26)16-24-20-7-3-1-5-18(20)19-6-2-4-8-21(19)24/h1-8,17,25-26H,9-16H2/t17-/m1/s1. The van der Waals surface area contributed by atoms with Crippen LogP contribution < -0.4 is 0 Å². The van der Waals surface area contributed by atoms with Gasteiger partial charge in [-0.15, -0.1) is 0 Å². The Morgan fingerprint density at radius 1 is 0.769 bits per heavy atom. The monoisotopic (exact) mass is 353 g/mol. The molecule has 2 N–H and O–H groups in total. The number of hydrogen-bond donors (Lipinski definition) is 2. The first-order valence-electron chi connectivity index (χ1n) is 9.46. The van der Waals surface area contributed by atoms with Gasteiger partial charge in [0.2, 0.25) is 0 Å². The number of nitrogens with zero attached hydrogens (tertiary/aromatic N) is 3. The summed E-state index contributed by atoms with van der Waals surface area (Å²) in [6.45, 7) is 6.08. The van der Waals surface area contributed by atoms with Crippen molar-refractivity contribution in [1.29, 1.82) is 0 Å². The van der Waals surface area contributed by atoms with Crippen LogP contribution in [0, 0.1) is 0 Å². The topological polar surface area (TPSA) is 51.9 Å². The molecule has 138 valence electrons. The maximum absolute atomic E-state index is 10.7. The van der Waals surface area contributed by atoms with Crippen LogP contribution in [-0.4, -0.2) is 76.6 Å². The molecule has 0 unspecified atom stereocenters. The highest BCUT2D eigenvalue weighted by atomic mass is 16.3. The average Bonchev–Trinajstić information content (AvgIpc) is 2.98. The summed E-state index contributed by atoms with van der Waals surface area (Å²) in [6, 6.07) is 16.8. The van der Waals surface area contributed by atoms with Gasteiger partial charge in [0.25, 0.3) is 0 Å². The van der Waals surface area contributed by atoms with Crippen molar-refractivity contribution in [2.45, 2.75) is 12.6 Å². The predicted octanol–water partition coefficient (Wildman–Crippen LogP) is 1.77. The lowest BCUT2D eigenvalue weighted by molar-refractivity contribution is 0.0601. The van der Waals surface area contributed by atoms with Gasteiger partial charge in [-0.2, -0.15) is 0 Å². The predicted molar refractivity (Wildman–Crippen MR) is 105 cm³/mol. The van der Waals surface area contributed by atoms with Crippen LogP contribution in [0.2, 0.25) is 0 Å². The van der Waals surface area contributed by atoms with Crippen molar-refractivity contribution in [1.82, 2.24) is 14.4 Å². The van der Waals surface area contributed by atoms with E-state index in [1.165, 1.54) is 21.8 Å². The van der Waals surface area contributed by atoms with Crippen molar-refractivity contribution in [3.63, 3.8) is 0 Å². The Morgan fingerprint density at radius 2 is 1.31 bits per heavy atom. The lowest BCUT2D eigenvalue weighted by atomic mass is 10.2. The zero-order valence-electron chi connectivity index (χ0n) is 15.1. The normalized spacial score (nSPS) is 17.9. The van der Waals surface area contributed by atoms with Crippen LogP contribution in [0.4, 0.5) is 0 Å². The number of rotatable bonds is 6. The molecule has 0 spiro atoms. The molecule has 0 aliphatic carbocycles. The molecule has 3 aromatic rings. The smallest absolute Gasteiger partial charge is 0.0845 e. The summed E-state index contributed by atoms with van der Waals surface area (Å²) in [5, 5.41) is 22.3. The second kappa shape index (κ2) is 7.76. The maximum Gasteiger partial charge on any atom is 0.0845 e. The van der Waals surface area contributed by atoms with E-state index in [9.17, 15) is 5.11 Å². The molecule has 0 amide bonds. The Labute approximate surface area is 154 Å². The molecular formula is C21H27N3O2. The van der Waals surface area contributed by atoms with Gasteiger partial charge in [0.15, 0.2) is 0 Å². The van der Waals surface area contributed by atoms with E-state index in [0.717, 1.165) is 32.7 Å². The molecule has 2 aromatic carbocycles. The summed E-state index contributed by atoms with van der Waals surface area (Å²) in [5.74, 6) is 0. The third kappa shape index (κ3) is 3.48. The number of aliphatic hydroxyl groups is 2. The highest BCUT2D eigenvalue weighted by Crippen LogP contribution is 2.28. The molecule has 0 bridgehead atoms. The second-order valence-corrected chi connectivity index (χ2v) is 7.16. The van der Waals surface area contributed by atoms with Crippen molar-refractivity contribution >= 4 is 21.8 Å². The Hall–Kier alpha value is -1.92. The molecule has 1 aromatic heterocycles. The molecule has 0 radical (unpaired) electrons. The van der Waals surface area contributed by atoms with E-state index in [1.54, 1.807) is 0 Å². The fourth-order valence-electron chi connectivity index (χ4n) is 4.10. The summed E-state index contributed by atoms with van der Waals surface area (Å²) in [6.07, 6.45) is -0.404. The van der Waals surface area contributed by atoms with E-state index in [1.807, 2.05) is 0 Å². The molecule has 5 heteroatoms. The molecule has 1 atom stereocenters. The van der Waals surface area contributed by atoms with Gasteiger partial charge in [-0.25, -0.2) is 0 Å². The Kier molecular flexibility index (Phi) is 5.22. The lowest BCUT2D eigenvalue weighted by Crippen LogP contribution is -2.49. The van der Waals surface area contributed by atoms with Gasteiger partial charge in [0, 0.05) is 61.1 Å². The van der Waals surface area contributed by atoms with Crippen LogP contribution in [0.1, 0.15) is 0 Å².